The standard InChI is InChI=1S/C28H22BrN3O6/c1-3-36-25(33)16-37-26-20(29)12-17(13-23(26)35-2)15-30-32-27(24-14-18-8-4-7-11-22(18)38-24)31-21-10-6-5-9-19(21)28(32)34/h4-15H,3,16H2,1-2H3. The van der Waals surface area contributed by atoms with Crippen LogP contribution in [-0.4, -0.2) is 42.2 Å². The maximum absolute atomic E-state index is 13.5. The molecule has 0 fully saturated rings. The summed E-state index contributed by atoms with van der Waals surface area (Å²) in [5, 5.41) is 5.79. The number of carbonyl (C=O) groups is 1. The van der Waals surface area contributed by atoms with Crippen molar-refractivity contribution in [2.45, 2.75) is 6.92 Å². The maximum Gasteiger partial charge on any atom is 0.344 e. The summed E-state index contributed by atoms with van der Waals surface area (Å²) in [7, 11) is 1.48. The molecule has 0 amide bonds. The molecule has 9 nitrogen and oxygen atoms in total. The summed E-state index contributed by atoms with van der Waals surface area (Å²) in [5.74, 6) is 0.888. The topological polar surface area (TPSA) is 105 Å². The van der Waals surface area contributed by atoms with Crippen molar-refractivity contribution in [3.8, 4) is 23.1 Å². The number of esters is 1. The zero-order valence-electron chi connectivity index (χ0n) is 20.5. The normalized spacial score (nSPS) is 11.3. The van der Waals surface area contributed by atoms with Crippen LogP contribution in [0, 0.1) is 0 Å². The van der Waals surface area contributed by atoms with Crippen molar-refractivity contribution in [1.29, 1.82) is 0 Å². The molecule has 192 valence electrons. The minimum atomic E-state index is -0.492. The first-order valence-corrected chi connectivity index (χ1v) is 12.5. The van der Waals surface area contributed by atoms with Gasteiger partial charge in [-0.3, -0.25) is 4.79 Å². The average Bonchev–Trinajstić information content (AvgIpc) is 3.36. The fourth-order valence-corrected chi connectivity index (χ4v) is 4.47. The van der Waals surface area contributed by atoms with Crippen molar-refractivity contribution < 1.29 is 23.4 Å². The molecular formula is C28H22BrN3O6. The van der Waals surface area contributed by atoms with Gasteiger partial charge in [0, 0.05) is 5.39 Å². The molecule has 0 atom stereocenters. The Bertz CT molecular complexity index is 1710. The van der Waals surface area contributed by atoms with Crippen LogP contribution in [0.25, 0.3) is 33.5 Å². The van der Waals surface area contributed by atoms with E-state index < -0.39 is 5.97 Å². The van der Waals surface area contributed by atoms with E-state index in [0.717, 1.165) is 5.39 Å². The molecule has 0 saturated carbocycles. The van der Waals surface area contributed by atoms with Crippen molar-refractivity contribution in [3.05, 3.63) is 87.1 Å². The number of ether oxygens (including phenoxy) is 3. The second-order valence-corrected chi connectivity index (χ2v) is 8.94. The molecule has 0 N–H and O–H groups in total. The Morgan fingerprint density at radius 1 is 1.13 bits per heavy atom. The predicted octanol–water partition coefficient (Wildman–Crippen LogP) is 5.40. The third-order valence-corrected chi connectivity index (χ3v) is 6.20. The Morgan fingerprint density at radius 2 is 1.92 bits per heavy atom. The number of hydrogen-bond donors (Lipinski definition) is 0. The Labute approximate surface area is 225 Å². The number of fused-ring (bicyclic) bond motifs is 2. The molecule has 10 heteroatoms. The third-order valence-electron chi connectivity index (χ3n) is 5.61. The lowest BCUT2D eigenvalue weighted by molar-refractivity contribution is -0.145. The average molecular weight is 576 g/mol. The van der Waals surface area contributed by atoms with E-state index in [4.69, 9.17) is 23.6 Å². The molecule has 0 unspecified atom stereocenters. The summed E-state index contributed by atoms with van der Waals surface area (Å²) in [6.45, 7) is 1.71. The summed E-state index contributed by atoms with van der Waals surface area (Å²) >= 11 is 3.46. The second-order valence-electron chi connectivity index (χ2n) is 8.09. The van der Waals surface area contributed by atoms with E-state index in [-0.39, 0.29) is 24.6 Å². The van der Waals surface area contributed by atoms with E-state index >= 15 is 0 Å². The highest BCUT2D eigenvalue weighted by molar-refractivity contribution is 9.10. The van der Waals surface area contributed by atoms with Gasteiger partial charge in [0.1, 0.15) is 5.58 Å². The van der Waals surface area contributed by atoms with Crippen LogP contribution in [0.3, 0.4) is 0 Å². The number of halogens is 1. The largest absolute Gasteiger partial charge is 0.493 e. The van der Waals surface area contributed by atoms with Crippen LogP contribution in [0.4, 0.5) is 0 Å². The van der Waals surface area contributed by atoms with Crippen molar-refractivity contribution in [1.82, 2.24) is 9.66 Å². The fourth-order valence-electron chi connectivity index (χ4n) is 3.89. The van der Waals surface area contributed by atoms with Crippen LogP contribution >= 0.6 is 15.9 Å². The highest BCUT2D eigenvalue weighted by atomic mass is 79.9. The molecule has 5 rings (SSSR count). The number of methoxy groups -OCH3 is 1. The summed E-state index contributed by atoms with van der Waals surface area (Å²) in [6.07, 6.45) is 1.51. The van der Waals surface area contributed by atoms with Crippen LogP contribution in [-0.2, 0) is 9.53 Å². The van der Waals surface area contributed by atoms with E-state index in [2.05, 4.69) is 21.0 Å². The van der Waals surface area contributed by atoms with Gasteiger partial charge in [0.2, 0.25) is 5.82 Å². The molecule has 3 aromatic carbocycles. The monoisotopic (exact) mass is 575 g/mol. The molecule has 0 saturated heterocycles. The lowest BCUT2D eigenvalue weighted by Crippen LogP contribution is -2.20. The lowest BCUT2D eigenvalue weighted by atomic mass is 10.2. The molecule has 5 aromatic rings. The Hall–Kier alpha value is -4.44. The first kappa shape index (κ1) is 25.2. The third kappa shape index (κ3) is 5.03. The molecule has 38 heavy (non-hydrogen) atoms. The van der Waals surface area contributed by atoms with Gasteiger partial charge in [-0.25, -0.2) is 9.78 Å². The highest BCUT2D eigenvalue weighted by Gasteiger charge is 2.17. The summed E-state index contributed by atoms with van der Waals surface area (Å²) in [6, 6.07) is 19.9. The summed E-state index contributed by atoms with van der Waals surface area (Å²) < 4.78 is 23.7. The van der Waals surface area contributed by atoms with Gasteiger partial charge in [-0.15, -0.1) is 0 Å². The van der Waals surface area contributed by atoms with E-state index in [9.17, 15) is 9.59 Å². The number of hydrogen-bond acceptors (Lipinski definition) is 8. The summed E-state index contributed by atoms with van der Waals surface area (Å²) in [4.78, 5) is 29.9. The minimum Gasteiger partial charge on any atom is -0.493 e. The lowest BCUT2D eigenvalue weighted by Gasteiger charge is -2.13. The number of aromatic nitrogens is 2. The van der Waals surface area contributed by atoms with Crippen molar-refractivity contribution >= 4 is 50.0 Å². The van der Waals surface area contributed by atoms with Gasteiger partial charge in [0.15, 0.2) is 23.9 Å². The van der Waals surface area contributed by atoms with Gasteiger partial charge in [-0.05, 0) is 64.8 Å². The zero-order valence-corrected chi connectivity index (χ0v) is 22.1. The van der Waals surface area contributed by atoms with Crippen LogP contribution in [0.1, 0.15) is 12.5 Å². The molecule has 0 bridgehead atoms. The zero-order chi connectivity index (χ0) is 26.6. The Morgan fingerprint density at radius 3 is 2.71 bits per heavy atom. The van der Waals surface area contributed by atoms with Crippen molar-refractivity contribution in [2.75, 3.05) is 20.3 Å². The number of para-hydroxylation sites is 2. The molecular weight excluding hydrogens is 554 g/mol. The van der Waals surface area contributed by atoms with Crippen LogP contribution in [0.15, 0.2) is 85.5 Å². The van der Waals surface area contributed by atoms with Gasteiger partial charge < -0.3 is 18.6 Å². The number of nitrogens with zero attached hydrogens (tertiary/aromatic N) is 3. The molecule has 0 aliphatic rings. The van der Waals surface area contributed by atoms with E-state index in [1.165, 1.54) is 18.0 Å². The van der Waals surface area contributed by atoms with Gasteiger partial charge in [0.25, 0.3) is 5.56 Å². The molecule has 2 heterocycles. The predicted molar refractivity (Wildman–Crippen MR) is 147 cm³/mol. The molecule has 2 aromatic heterocycles. The van der Waals surface area contributed by atoms with Gasteiger partial charge in [-0.1, -0.05) is 30.3 Å². The quantitative estimate of drug-likeness (QED) is 0.180. The maximum atomic E-state index is 13.5. The van der Waals surface area contributed by atoms with Crippen molar-refractivity contribution in [3.63, 3.8) is 0 Å². The van der Waals surface area contributed by atoms with Gasteiger partial charge in [-0.2, -0.15) is 9.78 Å². The Balaban J connectivity index is 1.57. The fraction of sp³-hybridized carbons (Fsp3) is 0.143. The Kier molecular flexibility index (Phi) is 7.23. The minimum absolute atomic E-state index is 0.259. The molecule has 0 aliphatic carbocycles. The molecule has 0 radical (unpaired) electrons. The van der Waals surface area contributed by atoms with Crippen molar-refractivity contribution in [2.24, 2.45) is 5.10 Å². The van der Waals surface area contributed by atoms with E-state index in [0.29, 0.717) is 43.8 Å². The van der Waals surface area contributed by atoms with Gasteiger partial charge in [0.05, 0.1) is 35.3 Å². The smallest absolute Gasteiger partial charge is 0.344 e. The first-order valence-electron chi connectivity index (χ1n) is 11.7. The number of rotatable bonds is 8. The number of carbonyl (C=O) groups excluding carboxylic acids is 1. The highest BCUT2D eigenvalue weighted by Crippen LogP contribution is 2.36. The van der Waals surface area contributed by atoms with E-state index in [1.54, 1.807) is 37.3 Å². The SMILES string of the molecule is CCOC(=O)COc1c(Br)cc(C=Nn2c(-c3cc4ccccc4o3)nc3ccccc3c2=O)cc1OC. The molecule has 0 spiro atoms. The first-order chi connectivity index (χ1) is 18.5. The number of furan rings is 1. The van der Waals surface area contributed by atoms with Crippen LogP contribution < -0.4 is 15.0 Å². The second kappa shape index (κ2) is 10.9. The van der Waals surface area contributed by atoms with Gasteiger partial charge >= 0.3 is 5.97 Å². The van der Waals surface area contributed by atoms with Crippen LogP contribution in [0.2, 0.25) is 0 Å². The van der Waals surface area contributed by atoms with Crippen LogP contribution in [0.5, 0.6) is 11.5 Å². The summed E-state index contributed by atoms with van der Waals surface area (Å²) in [5.41, 5.74) is 1.47. The molecule has 0 aliphatic heterocycles. The van der Waals surface area contributed by atoms with E-state index in [1.807, 2.05) is 36.4 Å². The number of benzene rings is 3.